The SMILES string of the molecule is C[C@H](Cc1cccc(CC(=O)NCc2cccc3ccccc23)c1)NC[C@H](O)c1cc(O)cc(O)c1. The molecule has 36 heavy (non-hydrogen) atoms. The molecule has 0 bridgehead atoms. The fourth-order valence-electron chi connectivity index (χ4n) is 4.42. The van der Waals surface area contributed by atoms with Crippen LogP contribution in [0.5, 0.6) is 11.5 Å². The van der Waals surface area contributed by atoms with Gasteiger partial charge in [0.05, 0.1) is 12.5 Å². The number of carbonyl (C=O) groups excluding carboxylic acids is 1. The van der Waals surface area contributed by atoms with Gasteiger partial charge in [0.1, 0.15) is 11.5 Å². The quantitative estimate of drug-likeness (QED) is 0.230. The van der Waals surface area contributed by atoms with Crippen molar-refractivity contribution in [3.63, 3.8) is 0 Å². The van der Waals surface area contributed by atoms with Gasteiger partial charge < -0.3 is 26.0 Å². The van der Waals surface area contributed by atoms with Crippen LogP contribution in [0.25, 0.3) is 10.8 Å². The van der Waals surface area contributed by atoms with Gasteiger partial charge in [-0.2, -0.15) is 0 Å². The van der Waals surface area contributed by atoms with E-state index in [0.29, 0.717) is 18.5 Å². The predicted molar refractivity (Wildman–Crippen MR) is 142 cm³/mol. The number of fused-ring (bicyclic) bond motifs is 1. The van der Waals surface area contributed by atoms with Crippen LogP contribution >= 0.6 is 0 Å². The number of aliphatic hydroxyl groups excluding tert-OH is 1. The smallest absolute Gasteiger partial charge is 0.224 e. The molecule has 5 N–H and O–H groups in total. The summed E-state index contributed by atoms with van der Waals surface area (Å²) in [5.74, 6) is -0.200. The molecule has 0 fully saturated rings. The van der Waals surface area contributed by atoms with Crippen LogP contribution in [0.4, 0.5) is 0 Å². The van der Waals surface area contributed by atoms with E-state index in [9.17, 15) is 20.1 Å². The van der Waals surface area contributed by atoms with E-state index < -0.39 is 6.10 Å². The molecule has 4 rings (SSSR count). The Kier molecular flexibility index (Phi) is 8.21. The molecule has 1 amide bonds. The number of phenolic OH excluding ortho intramolecular Hbond substituents is 2. The second kappa shape index (κ2) is 11.7. The molecule has 6 nitrogen and oxygen atoms in total. The van der Waals surface area contributed by atoms with Gasteiger partial charge in [0, 0.05) is 25.2 Å². The highest BCUT2D eigenvalue weighted by atomic mass is 16.3. The highest BCUT2D eigenvalue weighted by Gasteiger charge is 2.13. The first-order valence-electron chi connectivity index (χ1n) is 12.1. The maximum Gasteiger partial charge on any atom is 0.224 e. The molecule has 0 spiro atoms. The van der Waals surface area contributed by atoms with E-state index >= 15 is 0 Å². The van der Waals surface area contributed by atoms with Crippen molar-refractivity contribution in [3.8, 4) is 11.5 Å². The first kappa shape index (κ1) is 25.2. The van der Waals surface area contributed by atoms with Gasteiger partial charge in [-0.1, -0.05) is 66.7 Å². The molecular formula is C30H32N2O4. The zero-order chi connectivity index (χ0) is 25.5. The standard InChI is InChI=1S/C30H32N2O4/c1-20(31-19-29(35)25-15-26(33)17-27(34)16-25)12-21-6-4-7-22(13-21)14-30(36)32-18-24-10-5-9-23-8-2-3-11-28(23)24/h2-11,13,15-17,20,29,31,33-35H,12,14,18-19H2,1H3,(H,32,36)/t20-,29+/m1/s1. The van der Waals surface area contributed by atoms with Gasteiger partial charge >= 0.3 is 0 Å². The molecule has 2 atom stereocenters. The van der Waals surface area contributed by atoms with E-state index in [-0.39, 0.29) is 30.0 Å². The Morgan fingerprint density at radius 2 is 1.56 bits per heavy atom. The minimum absolute atomic E-state index is 0.0243. The number of benzene rings is 4. The Balaban J connectivity index is 1.28. The van der Waals surface area contributed by atoms with Crippen molar-refractivity contribution >= 4 is 16.7 Å². The fourth-order valence-corrected chi connectivity index (χ4v) is 4.42. The lowest BCUT2D eigenvalue weighted by Crippen LogP contribution is -2.32. The molecule has 0 aliphatic rings. The summed E-state index contributed by atoms with van der Waals surface area (Å²) in [5, 5.41) is 38.3. The lowest BCUT2D eigenvalue weighted by atomic mass is 10.0. The third-order valence-electron chi connectivity index (χ3n) is 6.22. The average molecular weight is 485 g/mol. The first-order valence-corrected chi connectivity index (χ1v) is 12.1. The average Bonchev–Trinajstić information content (AvgIpc) is 2.85. The maximum atomic E-state index is 12.6. The summed E-state index contributed by atoms with van der Waals surface area (Å²) in [5.41, 5.74) is 3.59. The summed E-state index contributed by atoms with van der Waals surface area (Å²) in [6, 6.07) is 26.4. The largest absolute Gasteiger partial charge is 0.508 e. The zero-order valence-electron chi connectivity index (χ0n) is 20.3. The van der Waals surface area contributed by atoms with Crippen LogP contribution in [0.1, 0.15) is 35.3 Å². The second-order valence-corrected chi connectivity index (χ2v) is 9.22. The van der Waals surface area contributed by atoms with E-state index in [0.717, 1.165) is 33.9 Å². The van der Waals surface area contributed by atoms with Crippen LogP contribution in [-0.2, 0) is 24.2 Å². The van der Waals surface area contributed by atoms with Gasteiger partial charge in [-0.25, -0.2) is 0 Å². The van der Waals surface area contributed by atoms with Crippen LogP contribution in [0.15, 0.2) is 84.9 Å². The van der Waals surface area contributed by atoms with E-state index in [4.69, 9.17) is 0 Å². The number of phenols is 2. The van der Waals surface area contributed by atoms with Gasteiger partial charge in [-0.05, 0) is 58.5 Å². The Hall–Kier alpha value is -3.87. The van der Waals surface area contributed by atoms with Crippen LogP contribution < -0.4 is 10.6 Å². The molecule has 0 heterocycles. The minimum Gasteiger partial charge on any atom is -0.508 e. The van der Waals surface area contributed by atoms with Crippen LogP contribution in [0.2, 0.25) is 0 Å². The molecule has 0 aromatic heterocycles. The summed E-state index contributed by atoms with van der Waals surface area (Å²) in [4.78, 5) is 12.6. The van der Waals surface area contributed by atoms with E-state index in [2.05, 4.69) is 28.8 Å². The van der Waals surface area contributed by atoms with Gasteiger partial charge in [-0.3, -0.25) is 4.79 Å². The Morgan fingerprint density at radius 1 is 0.861 bits per heavy atom. The molecule has 186 valence electrons. The van der Waals surface area contributed by atoms with E-state index in [1.165, 1.54) is 18.2 Å². The normalized spacial score (nSPS) is 12.8. The molecule has 0 saturated heterocycles. The van der Waals surface area contributed by atoms with Gasteiger partial charge in [0.2, 0.25) is 5.91 Å². The topological polar surface area (TPSA) is 102 Å². The molecule has 4 aromatic rings. The van der Waals surface area contributed by atoms with E-state index in [1.54, 1.807) is 0 Å². The zero-order valence-corrected chi connectivity index (χ0v) is 20.3. The van der Waals surface area contributed by atoms with Gasteiger partial charge in [0.15, 0.2) is 0 Å². The summed E-state index contributed by atoms with van der Waals surface area (Å²) in [7, 11) is 0. The Bertz CT molecular complexity index is 1310. The van der Waals surface area contributed by atoms with Crippen molar-refractivity contribution in [1.82, 2.24) is 10.6 Å². The van der Waals surface area contributed by atoms with Crippen molar-refractivity contribution in [2.45, 2.75) is 38.5 Å². The highest BCUT2D eigenvalue weighted by molar-refractivity contribution is 5.86. The number of carbonyl (C=O) groups is 1. The number of hydrogen-bond acceptors (Lipinski definition) is 5. The van der Waals surface area contributed by atoms with Crippen molar-refractivity contribution < 1.29 is 20.1 Å². The molecule has 0 unspecified atom stereocenters. The third kappa shape index (κ3) is 6.84. The molecule has 0 aliphatic heterocycles. The first-order chi connectivity index (χ1) is 17.4. The number of amides is 1. The molecule has 0 saturated carbocycles. The Labute approximate surface area is 211 Å². The number of aromatic hydroxyl groups is 2. The van der Waals surface area contributed by atoms with Crippen molar-refractivity contribution in [3.05, 3.63) is 107 Å². The number of hydrogen-bond donors (Lipinski definition) is 5. The van der Waals surface area contributed by atoms with E-state index in [1.807, 2.05) is 55.5 Å². The van der Waals surface area contributed by atoms with Crippen LogP contribution in [-0.4, -0.2) is 33.8 Å². The minimum atomic E-state index is -0.859. The van der Waals surface area contributed by atoms with Crippen molar-refractivity contribution in [1.29, 1.82) is 0 Å². The lowest BCUT2D eigenvalue weighted by Gasteiger charge is -2.18. The fraction of sp³-hybridized carbons (Fsp3) is 0.233. The molecule has 6 heteroatoms. The number of aliphatic hydroxyl groups is 1. The summed E-state index contributed by atoms with van der Waals surface area (Å²) >= 11 is 0. The molecule has 0 radical (unpaired) electrons. The van der Waals surface area contributed by atoms with Crippen LogP contribution in [0.3, 0.4) is 0 Å². The third-order valence-corrected chi connectivity index (χ3v) is 6.22. The lowest BCUT2D eigenvalue weighted by molar-refractivity contribution is -0.120. The maximum absolute atomic E-state index is 12.6. The second-order valence-electron chi connectivity index (χ2n) is 9.22. The van der Waals surface area contributed by atoms with Crippen molar-refractivity contribution in [2.75, 3.05) is 6.54 Å². The van der Waals surface area contributed by atoms with Gasteiger partial charge in [0.25, 0.3) is 0 Å². The number of nitrogens with one attached hydrogen (secondary N) is 2. The molecule has 0 aliphatic carbocycles. The monoisotopic (exact) mass is 484 g/mol. The number of rotatable bonds is 10. The van der Waals surface area contributed by atoms with Crippen molar-refractivity contribution in [2.24, 2.45) is 0 Å². The highest BCUT2D eigenvalue weighted by Crippen LogP contribution is 2.24. The molecule has 4 aromatic carbocycles. The van der Waals surface area contributed by atoms with Crippen LogP contribution in [0, 0.1) is 0 Å². The Morgan fingerprint density at radius 3 is 2.36 bits per heavy atom. The molecular weight excluding hydrogens is 452 g/mol. The summed E-state index contributed by atoms with van der Waals surface area (Å²) in [6.45, 7) is 2.79. The summed E-state index contributed by atoms with van der Waals surface area (Å²) in [6.07, 6.45) is 0.172. The summed E-state index contributed by atoms with van der Waals surface area (Å²) < 4.78 is 0. The van der Waals surface area contributed by atoms with Gasteiger partial charge in [-0.15, -0.1) is 0 Å². The predicted octanol–water partition coefficient (Wildman–Crippen LogP) is 4.36.